The molecule has 0 aliphatic carbocycles. The summed E-state index contributed by atoms with van der Waals surface area (Å²) in [5.74, 6) is 0. The maximum atomic E-state index is 15.2. The number of hydrogen-bond acceptors (Lipinski definition) is 0. The molecule has 0 fully saturated rings. The Labute approximate surface area is 357 Å². The number of aryl methyl sites for hydroxylation is 4. The van der Waals surface area contributed by atoms with E-state index in [0.717, 1.165) is 94.2 Å². The molecular formula is C55H37F3N4. The normalized spacial score (nSPS) is 11.8. The van der Waals surface area contributed by atoms with Gasteiger partial charge in [-0.1, -0.05) is 131 Å². The Morgan fingerprint density at radius 2 is 0.952 bits per heavy atom. The zero-order valence-corrected chi connectivity index (χ0v) is 34.4. The van der Waals surface area contributed by atoms with E-state index in [1.807, 2.05) is 63.7 Å². The third-order valence-electron chi connectivity index (χ3n) is 11.9. The molecule has 0 radical (unpaired) electrons. The van der Waals surface area contributed by atoms with Gasteiger partial charge in [0, 0.05) is 27.1 Å². The molecule has 10 rings (SSSR count). The van der Waals surface area contributed by atoms with Gasteiger partial charge in [0.2, 0.25) is 5.69 Å². The van der Waals surface area contributed by atoms with Gasteiger partial charge in [-0.15, -0.1) is 0 Å². The van der Waals surface area contributed by atoms with E-state index in [1.165, 1.54) is 12.1 Å². The molecule has 0 spiro atoms. The van der Waals surface area contributed by atoms with E-state index >= 15 is 13.2 Å². The van der Waals surface area contributed by atoms with Gasteiger partial charge in [-0.05, 0) is 98.0 Å². The average molecular weight is 811 g/mol. The standard InChI is InChI=1S/C55H37F3N4/c1-32-24-33(2)27-38(26-32)36-18-21-49-43(30-36)40-12-7-9-16-47(40)61(49)51-23-20-42(52-45(55(56,57)58)14-11-15-46(52)59-5)54(53(51)60-6)62-48-17-10-8-13-41(48)44-31-37(19-22-50(44)62)39-28-34(3)25-35(4)29-39/h7-31H,1-4H3. The van der Waals surface area contributed by atoms with Gasteiger partial charge >= 0.3 is 6.18 Å². The van der Waals surface area contributed by atoms with Crippen LogP contribution in [0.3, 0.4) is 0 Å². The zero-order valence-electron chi connectivity index (χ0n) is 34.4. The van der Waals surface area contributed by atoms with Crippen molar-refractivity contribution in [1.29, 1.82) is 0 Å². The van der Waals surface area contributed by atoms with E-state index in [9.17, 15) is 0 Å². The Kier molecular flexibility index (Phi) is 8.91. The molecule has 10 aromatic rings. The van der Waals surface area contributed by atoms with Crippen LogP contribution in [0.2, 0.25) is 0 Å². The molecule has 0 amide bonds. The molecule has 0 bridgehead atoms. The van der Waals surface area contributed by atoms with Gasteiger partial charge in [0.1, 0.15) is 0 Å². The number of nitrogens with zero attached hydrogens (tertiary/aromatic N) is 4. The highest BCUT2D eigenvalue weighted by molar-refractivity contribution is 6.14. The van der Waals surface area contributed by atoms with Crippen LogP contribution in [0.1, 0.15) is 27.8 Å². The van der Waals surface area contributed by atoms with Gasteiger partial charge in [0.05, 0.1) is 52.1 Å². The van der Waals surface area contributed by atoms with Crippen molar-refractivity contribution in [3.8, 4) is 44.8 Å². The first-order valence-corrected chi connectivity index (χ1v) is 20.3. The van der Waals surface area contributed by atoms with Crippen LogP contribution in [0.15, 0.2) is 152 Å². The summed E-state index contributed by atoms with van der Waals surface area (Å²) in [6, 6.07) is 48.3. The van der Waals surface area contributed by atoms with Gasteiger partial charge in [0.15, 0.2) is 5.69 Å². The number of para-hydroxylation sites is 2. The molecule has 62 heavy (non-hydrogen) atoms. The predicted octanol–water partition coefficient (Wildman–Crippen LogP) is 16.2. The quantitative estimate of drug-likeness (QED) is 0.154. The molecule has 2 heterocycles. The van der Waals surface area contributed by atoms with Crippen molar-refractivity contribution < 1.29 is 13.2 Å². The third kappa shape index (κ3) is 6.13. The first kappa shape index (κ1) is 38.3. The number of rotatable bonds is 5. The van der Waals surface area contributed by atoms with Crippen molar-refractivity contribution in [3.63, 3.8) is 0 Å². The molecule has 4 nitrogen and oxygen atoms in total. The van der Waals surface area contributed by atoms with Crippen molar-refractivity contribution in [1.82, 2.24) is 9.13 Å². The molecule has 0 saturated carbocycles. The highest BCUT2D eigenvalue weighted by atomic mass is 19.4. The average Bonchev–Trinajstić information content (AvgIpc) is 3.76. The SMILES string of the molecule is [C-]#[N+]c1cccc(C(F)(F)F)c1-c1ccc(-n2c3ccccc3c3cc(-c4cc(C)cc(C)c4)ccc32)c([N+]#[C-])c1-n1c2ccccc2c2cc(-c3cc(C)cc(C)c3)ccc21. The molecule has 7 heteroatoms. The molecule has 0 aliphatic rings. The largest absolute Gasteiger partial charge is 0.415 e. The molecule has 0 saturated heterocycles. The lowest BCUT2D eigenvalue weighted by Gasteiger charge is -2.23. The number of hydrogen-bond donors (Lipinski definition) is 0. The highest BCUT2D eigenvalue weighted by Gasteiger charge is 2.36. The number of aromatic nitrogens is 2. The van der Waals surface area contributed by atoms with Crippen LogP contribution >= 0.6 is 0 Å². The first-order valence-electron chi connectivity index (χ1n) is 20.3. The zero-order chi connectivity index (χ0) is 43.0. The van der Waals surface area contributed by atoms with Crippen LogP contribution in [0.4, 0.5) is 24.5 Å². The van der Waals surface area contributed by atoms with Gasteiger partial charge in [-0.3, -0.25) is 0 Å². The Balaban J connectivity index is 1.34. The van der Waals surface area contributed by atoms with E-state index in [0.29, 0.717) is 5.69 Å². The molecule has 8 aromatic carbocycles. The molecule has 0 aliphatic heterocycles. The number of benzene rings is 8. The summed E-state index contributed by atoms with van der Waals surface area (Å²) in [6.45, 7) is 25.4. The fourth-order valence-corrected chi connectivity index (χ4v) is 9.53. The smallest absolute Gasteiger partial charge is 0.319 e. The van der Waals surface area contributed by atoms with E-state index in [2.05, 4.69) is 104 Å². The van der Waals surface area contributed by atoms with Gasteiger partial charge in [-0.2, -0.15) is 13.2 Å². The van der Waals surface area contributed by atoms with E-state index in [-0.39, 0.29) is 28.2 Å². The molecular weight excluding hydrogens is 774 g/mol. The van der Waals surface area contributed by atoms with Crippen LogP contribution < -0.4 is 0 Å². The lowest BCUT2D eigenvalue weighted by atomic mass is 9.94. The second-order valence-corrected chi connectivity index (χ2v) is 16.2. The van der Waals surface area contributed by atoms with Crippen molar-refractivity contribution in [2.75, 3.05) is 0 Å². The maximum Gasteiger partial charge on any atom is 0.415 e. The summed E-state index contributed by atoms with van der Waals surface area (Å²) in [7, 11) is 0. The first-order chi connectivity index (χ1) is 29.9. The number of alkyl halides is 3. The Morgan fingerprint density at radius 1 is 0.452 bits per heavy atom. The number of halogens is 3. The van der Waals surface area contributed by atoms with E-state index < -0.39 is 11.7 Å². The lowest BCUT2D eigenvalue weighted by molar-refractivity contribution is -0.137. The van der Waals surface area contributed by atoms with Crippen molar-refractivity contribution in [3.05, 3.63) is 202 Å². The Bertz CT molecular complexity index is 3550. The minimum Gasteiger partial charge on any atom is -0.319 e. The van der Waals surface area contributed by atoms with Gasteiger partial charge in [0.25, 0.3) is 0 Å². The monoisotopic (exact) mass is 810 g/mol. The Morgan fingerprint density at radius 3 is 1.47 bits per heavy atom. The fourth-order valence-electron chi connectivity index (χ4n) is 9.53. The summed E-state index contributed by atoms with van der Waals surface area (Å²) in [6.07, 6.45) is -4.79. The Hall–Kier alpha value is -7.87. The topological polar surface area (TPSA) is 18.6 Å². The molecule has 298 valence electrons. The van der Waals surface area contributed by atoms with E-state index in [4.69, 9.17) is 13.1 Å². The predicted molar refractivity (Wildman–Crippen MR) is 248 cm³/mol. The van der Waals surface area contributed by atoms with Crippen molar-refractivity contribution in [2.24, 2.45) is 0 Å². The molecule has 0 atom stereocenters. The van der Waals surface area contributed by atoms with Crippen LogP contribution in [-0.4, -0.2) is 9.13 Å². The number of fused-ring (bicyclic) bond motifs is 6. The van der Waals surface area contributed by atoms with Crippen LogP contribution in [0, 0.1) is 40.8 Å². The second kappa shape index (κ2) is 14.4. The minimum atomic E-state index is -4.79. The highest BCUT2D eigenvalue weighted by Crippen LogP contribution is 2.51. The van der Waals surface area contributed by atoms with Crippen molar-refractivity contribution >= 4 is 55.0 Å². The molecule has 2 aromatic heterocycles. The van der Waals surface area contributed by atoms with Gasteiger partial charge in [-0.25, -0.2) is 9.69 Å². The van der Waals surface area contributed by atoms with Crippen LogP contribution in [-0.2, 0) is 6.18 Å². The molecule has 0 N–H and O–H groups in total. The molecule has 0 unspecified atom stereocenters. The van der Waals surface area contributed by atoms with Gasteiger partial charge < -0.3 is 9.13 Å². The lowest BCUT2D eigenvalue weighted by Crippen LogP contribution is -2.09. The van der Waals surface area contributed by atoms with Crippen LogP contribution in [0.25, 0.3) is 98.1 Å². The minimum absolute atomic E-state index is 0.137. The summed E-state index contributed by atoms with van der Waals surface area (Å²) < 4.78 is 49.4. The fraction of sp³-hybridized carbons (Fsp3) is 0.0909. The van der Waals surface area contributed by atoms with Crippen LogP contribution in [0.5, 0.6) is 0 Å². The summed E-state index contributed by atoms with van der Waals surface area (Å²) in [5, 5.41) is 3.72. The summed E-state index contributed by atoms with van der Waals surface area (Å²) in [5.41, 5.74) is 11.6. The van der Waals surface area contributed by atoms with Crippen molar-refractivity contribution in [2.45, 2.75) is 33.9 Å². The maximum absolute atomic E-state index is 15.2. The van der Waals surface area contributed by atoms with E-state index in [1.54, 1.807) is 12.1 Å². The summed E-state index contributed by atoms with van der Waals surface area (Å²) in [4.78, 5) is 7.90. The second-order valence-electron chi connectivity index (χ2n) is 16.2. The summed E-state index contributed by atoms with van der Waals surface area (Å²) >= 11 is 0. The third-order valence-corrected chi connectivity index (χ3v) is 11.9.